The first-order chi connectivity index (χ1) is 10.3. The van der Waals surface area contributed by atoms with Crippen LogP contribution in [0, 0.1) is 0 Å². The predicted molar refractivity (Wildman–Crippen MR) is 86.1 cm³/mol. The van der Waals surface area contributed by atoms with Crippen LogP contribution in [0.4, 0.5) is 0 Å². The molecule has 0 aliphatic heterocycles. The number of nitrogens with two attached hydrogens (primary N) is 1. The molecule has 0 saturated heterocycles. The fourth-order valence-electron chi connectivity index (χ4n) is 1.94. The van der Waals surface area contributed by atoms with Crippen molar-refractivity contribution >= 4 is 17.6 Å². The maximum Gasteiger partial charge on any atom is 0.174 e. The van der Waals surface area contributed by atoms with Crippen LogP contribution in [0.2, 0.25) is 0 Å². The Morgan fingerprint density at radius 2 is 1.95 bits per heavy atom. The van der Waals surface area contributed by atoms with Crippen molar-refractivity contribution in [3.63, 3.8) is 0 Å². The van der Waals surface area contributed by atoms with Crippen LogP contribution in [-0.2, 0) is 6.61 Å². The molecule has 2 aromatic rings. The van der Waals surface area contributed by atoms with Gasteiger partial charge in [0.2, 0.25) is 0 Å². The van der Waals surface area contributed by atoms with Crippen molar-refractivity contribution in [2.45, 2.75) is 18.4 Å². The van der Waals surface area contributed by atoms with Gasteiger partial charge in [-0.05, 0) is 23.4 Å². The van der Waals surface area contributed by atoms with Gasteiger partial charge in [-0.25, -0.2) is 0 Å². The second kappa shape index (κ2) is 7.59. The molecule has 0 saturated carbocycles. The molecule has 0 heterocycles. The Bertz CT molecular complexity index is 615. The van der Waals surface area contributed by atoms with E-state index in [0.29, 0.717) is 17.9 Å². The average Bonchev–Trinajstić information content (AvgIpc) is 2.53. The van der Waals surface area contributed by atoms with Crippen LogP contribution < -0.4 is 10.5 Å². The molecule has 0 spiro atoms. The van der Waals surface area contributed by atoms with E-state index >= 15 is 0 Å². The third-order valence-electron chi connectivity index (χ3n) is 2.89. The second-order valence-electron chi connectivity index (χ2n) is 4.32. The summed E-state index contributed by atoms with van der Waals surface area (Å²) in [6.45, 7) is 2.49. The molecule has 5 heteroatoms. The van der Waals surface area contributed by atoms with Crippen molar-refractivity contribution in [2.75, 3.05) is 5.75 Å². The Kier molecular flexibility index (Phi) is 5.51. The van der Waals surface area contributed by atoms with Crippen LogP contribution in [-0.4, -0.2) is 16.8 Å². The normalized spacial score (nSPS) is 11.4. The number of hydrogen-bond donors (Lipinski definition) is 2. The lowest BCUT2D eigenvalue weighted by Crippen LogP contribution is -2.16. The molecular weight excluding hydrogens is 284 g/mol. The zero-order chi connectivity index (χ0) is 15.1. The lowest BCUT2D eigenvalue weighted by atomic mass is 10.2. The topological polar surface area (TPSA) is 67.8 Å². The maximum atomic E-state index is 8.99. The lowest BCUT2D eigenvalue weighted by molar-refractivity contribution is 0.302. The summed E-state index contributed by atoms with van der Waals surface area (Å²) >= 11 is 1.63. The highest BCUT2D eigenvalue weighted by atomic mass is 32.2. The molecule has 0 radical (unpaired) electrons. The van der Waals surface area contributed by atoms with Crippen LogP contribution in [0.5, 0.6) is 5.75 Å². The van der Waals surface area contributed by atoms with E-state index in [1.54, 1.807) is 11.8 Å². The molecule has 0 aliphatic carbocycles. The van der Waals surface area contributed by atoms with E-state index in [9.17, 15) is 0 Å². The number of amidine groups is 1. The van der Waals surface area contributed by atoms with Gasteiger partial charge in [-0.1, -0.05) is 48.5 Å². The van der Waals surface area contributed by atoms with Gasteiger partial charge in [0, 0.05) is 4.90 Å². The Morgan fingerprint density at radius 3 is 2.62 bits per heavy atom. The lowest BCUT2D eigenvalue weighted by Gasteiger charge is -2.14. The molecule has 3 N–H and O–H groups in total. The molecule has 0 aromatic heterocycles. The smallest absolute Gasteiger partial charge is 0.174 e. The molecule has 2 aromatic carbocycles. The Balaban J connectivity index is 2.27. The third kappa shape index (κ3) is 3.92. The van der Waals surface area contributed by atoms with E-state index < -0.39 is 0 Å². The van der Waals surface area contributed by atoms with E-state index in [0.717, 1.165) is 16.2 Å². The highest BCUT2D eigenvalue weighted by Crippen LogP contribution is 2.30. The summed E-state index contributed by atoms with van der Waals surface area (Å²) in [5.74, 6) is 1.58. The van der Waals surface area contributed by atoms with Crippen LogP contribution in [0.25, 0.3) is 0 Å². The first-order valence-corrected chi connectivity index (χ1v) is 7.65. The minimum absolute atomic E-state index is 0.0645. The first kappa shape index (κ1) is 15.3. The standard InChI is InChI=1S/C16H18N2O2S/c1-2-21-14-10-6-9-13(15(14)16(17)18-19)20-11-12-7-4-3-5-8-12/h3-10,19H,2,11H2,1H3,(H2,17,18). The molecule has 4 nitrogen and oxygen atoms in total. The molecule has 2 rings (SSSR count). The van der Waals surface area contributed by atoms with Crippen LogP contribution >= 0.6 is 11.8 Å². The average molecular weight is 302 g/mol. The first-order valence-electron chi connectivity index (χ1n) is 6.66. The number of hydrogen-bond acceptors (Lipinski definition) is 4. The number of thioether (sulfide) groups is 1. The SMILES string of the molecule is CCSc1cccc(OCc2ccccc2)c1/C(N)=N/O. The van der Waals surface area contributed by atoms with Gasteiger partial charge in [0.15, 0.2) is 5.84 Å². The van der Waals surface area contributed by atoms with Gasteiger partial charge in [0.05, 0.1) is 5.56 Å². The van der Waals surface area contributed by atoms with E-state index in [2.05, 4.69) is 12.1 Å². The minimum atomic E-state index is 0.0645. The zero-order valence-corrected chi connectivity index (χ0v) is 12.6. The molecule has 0 atom stereocenters. The van der Waals surface area contributed by atoms with Crippen LogP contribution in [0.3, 0.4) is 0 Å². The number of ether oxygens (including phenoxy) is 1. The molecule has 0 aliphatic rings. The van der Waals surface area contributed by atoms with Gasteiger partial charge in [0.1, 0.15) is 12.4 Å². The molecule has 0 unspecified atom stereocenters. The van der Waals surface area contributed by atoms with E-state index in [1.807, 2.05) is 48.5 Å². The van der Waals surface area contributed by atoms with Crippen molar-refractivity contribution in [1.82, 2.24) is 0 Å². The zero-order valence-electron chi connectivity index (χ0n) is 11.8. The molecule has 0 fully saturated rings. The predicted octanol–water partition coefficient (Wildman–Crippen LogP) is 3.47. The molecule has 0 bridgehead atoms. The Labute approximate surface area is 128 Å². The fraction of sp³-hybridized carbons (Fsp3) is 0.188. The largest absolute Gasteiger partial charge is 0.488 e. The summed E-state index contributed by atoms with van der Waals surface area (Å²) in [5.41, 5.74) is 7.51. The summed E-state index contributed by atoms with van der Waals surface area (Å²) in [7, 11) is 0. The second-order valence-corrected chi connectivity index (χ2v) is 5.63. The van der Waals surface area contributed by atoms with Crippen molar-refractivity contribution < 1.29 is 9.94 Å². The van der Waals surface area contributed by atoms with Gasteiger partial charge >= 0.3 is 0 Å². The van der Waals surface area contributed by atoms with Crippen molar-refractivity contribution in [2.24, 2.45) is 10.9 Å². The fourth-order valence-corrected chi connectivity index (χ4v) is 2.78. The quantitative estimate of drug-likeness (QED) is 0.282. The van der Waals surface area contributed by atoms with Crippen molar-refractivity contribution in [3.05, 3.63) is 59.7 Å². The monoisotopic (exact) mass is 302 g/mol. The maximum absolute atomic E-state index is 8.99. The Hall–Kier alpha value is -2.14. The van der Waals surface area contributed by atoms with Crippen molar-refractivity contribution in [1.29, 1.82) is 0 Å². The number of rotatable bonds is 6. The van der Waals surface area contributed by atoms with Crippen LogP contribution in [0.15, 0.2) is 58.6 Å². The summed E-state index contributed by atoms with van der Waals surface area (Å²) in [4.78, 5) is 0.943. The summed E-state index contributed by atoms with van der Waals surface area (Å²) in [6.07, 6.45) is 0. The summed E-state index contributed by atoms with van der Waals surface area (Å²) in [5, 5.41) is 12.1. The van der Waals surface area contributed by atoms with Gasteiger partial charge in [-0.15, -0.1) is 11.8 Å². The highest BCUT2D eigenvalue weighted by molar-refractivity contribution is 7.99. The van der Waals surface area contributed by atoms with E-state index in [1.165, 1.54) is 0 Å². The van der Waals surface area contributed by atoms with E-state index in [4.69, 9.17) is 15.7 Å². The Morgan fingerprint density at radius 1 is 1.19 bits per heavy atom. The number of oxime groups is 1. The van der Waals surface area contributed by atoms with Gasteiger partial charge in [-0.2, -0.15) is 0 Å². The van der Waals surface area contributed by atoms with Gasteiger partial charge in [0.25, 0.3) is 0 Å². The van der Waals surface area contributed by atoms with Crippen LogP contribution in [0.1, 0.15) is 18.1 Å². The van der Waals surface area contributed by atoms with Gasteiger partial charge in [-0.3, -0.25) is 0 Å². The molecular formula is C16H18N2O2S. The third-order valence-corrected chi connectivity index (χ3v) is 3.83. The van der Waals surface area contributed by atoms with Gasteiger partial charge < -0.3 is 15.7 Å². The molecule has 110 valence electrons. The molecule has 0 amide bonds. The van der Waals surface area contributed by atoms with E-state index in [-0.39, 0.29) is 5.84 Å². The van der Waals surface area contributed by atoms with Crippen molar-refractivity contribution in [3.8, 4) is 5.75 Å². The minimum Gasteiger partial charge on any atom is -0.488 e. The number of benzene rings is 2. The molecule has 21 heavy (non-hydrogen) atoms. The number of nitrogens with zero attached hydrogens (tertiary/aromatic N) is 1. The summed E-state index contributed by atoms with van der Waals surface area (Å²) in [6, 6.07) is 15.6. The highest BCUT2D eigenvalue weighted by Gasteiger charge is 2.14. The summed E-state index contributed by atoms with van der Waals surface area (Å²) < 4.78 is 5.85.